The number of nitrogens with zero attached hydrogens (tertiary/aromatic N) is 3. The topological polar surface area (TPSA) is 36.4 Å². The summed E-state index contributed by atoms with van der Waals surface area (Å²) in [4.78, 5) is 20.9. The maximum Gasteiger partial charge on any atom is 0.272 e. The van der Waals surface area contributed by atoms with E-state index in [-0.39, 0.29) is 5.91 Å². The Labute approximate surface area is 122 Å². The molecule has 0 aromatic carbocycles. The van der Waals surface area contributed by atoms with Crippen LogP contribution in [0.2, 0.25) is 0 Å². The van der Waals surface area contributed by atoms with Crippen molar-refractivity contribution in [2.45, 2.75) is 40.5 Å². The van der Waals surface area contributed by atoms with Crippen molar-refractivity contribution in [3.8, 4) is 0 Å². The number of pyridine rings is 1. The molecule has 1 heterocycles. The van der Waals surface area contributed by atoms with Crippen LogP contribution in [0.4, 0.5) is 5.69 Å². The van der Waals surface area contributed by atoms with E-state index >= 15 is 0 Å². The van der Waals surface area contributed by atoms with Gasteiger partial charge in [-0.25, -0.2) is 4.98 Å². The van der Waals surface area contributed by atoms with E-state index in [4.69, 9.17) is 0 Å². The van der Waals surface area contributed by atoms with Gasteiger partial charge < -0.3 is 9.80 Å². The van der Waals surface area contributed by atoms with Crippen molar-refractivity contribution >= 4 is 11.6 Å². The van der Waals surface area contributed by atoms with Crippen molar-refractivity contribution in [1.82, 2.24) is 9.88 Å². The first-order valence-corrected chi connectivity index (χ1v) is 7.68. The summed E-state index contributed by atoms with van der Waals surface area (Å²) >= 11 is 0. The predicted molar refractivity (Wildman–Crippen MR) is 84.3 cm³/mol. The molecule has 0 saturated heterocycles. The number of rotatable bonds is 8. The summed E-state index contributed by atoms with van der Waals surface area (Å²) in [6, 6.07) is 3.83. The molecule has 1 aromatic heterocycles. The highest BCUT2D eigenvalue weighted by molar-refractivity contribution is 5.92. The smallest absolute Gasteiger partial charge is 0.272 e. The van der Waals surface area contributed by atoms with Gasteiger partial charge in [0, 0.05) is 26.2 Å². The molecular weight excluding hydrogens is 250 g/mol. The fourth-order valence-electron chi connectivity index (χ4n) is 2.31. The van der Waals surface area contributed by atoms with Crippen LogP contribution in [0, 0.1) is 0 Å². The first-order chi connectivity index (χ1) is 9.67. The summed E-state index contributed by atoms with van der Waals surface area (Å²) in [7, 11) is 0. The fraction of sp³-hybridized carbons (Fsp3) is 0.625. The third kappa shape index (κ3) is 4.22. The predicted octanol–water partition coefficient (Wildman–Crippen LogP) is 3.19. The molecule has 1 amide bonds. The van der Waals surface area contributed by atoms with Crippen LogP contribution in [0.15, 0.2) is 18.3 Å². The van der Waals surface area contributed by atoms with Crippen LogP contribution in [0.1, 0.15) is 51.0 Å². The Morgan fingerprint density at radius 2 is 1.65 bits per heavy atom. The Morgan fingerprint density at radius 1 is 1.05 bits per heavy atom. The first-order valence-electron chi connectivity index (χ1n) is 7.68. The second kappa shape index (κ2) is 8.56. The summed E-state index contributed by atoms with van der Waals surface area (Å²) in [5, 5.41) is 0. The van der Waals surface area contributed by atoms with E-state index in [1.807, 2.05) is 17.0 Å². The number of carbonyl (C=O) groups excluding carboxylic acids is 1. The minimum Gasteiger partial charge on any atom is -0.371 e. The van der Waals surface area contributed by atoms with Crippen LogP contribution in [-0.2, 0) is 0 Å². The van der Waals surface area contributed by atoms with Crippen molar-refractivity contribution in [2.75, 3.05) is 31.1 Å². The molecule has 0 aliphatic carbocycles. The second-order valence-corrected chi connectivity index (χ2v) is 4.87. The molecule has 4 heteroatoms. The molecule has 1 aromatic rings. The highest BCUT2D eigenvalue weighted by Crippen LogP contribution is 2.13. The van der Waals surface area contributed by atoms with Gasteiger partial charge in [0.25, 0.3) is 5.91 Å². The number of amides is 1. The van der Waals surface area contributed by atoms with Gasteiger partial charge in [0.2, 0.25) is 0 Å². The van der Waals surface area contributed by atoms with E-state index in [1.165, 1.54) is 0 Å². The lowest BCUT2D eigenvalue weighted by Gasteiger charge is -2.22. The largest absolute Gasteiger partial charge is 0.371 e. The van der Waals surface area contributed by atoms with Gasteiger partial charge in [-0.15, -0.1) is 0 Å². The molecule has 0 aliphatic heterocycles. The molecule has 0 atom stereocenters. The van der Waals surface area contributed by atoms with Gasteiger partial charge in [-0.2, -0.15) is 0 Å². The van der Waals surface area contributed by atoms with Crippen LogP contribution >= 0.6 is 0 Å². The van der Waals surface area contributed by atoms with E-state index in [0.717, 1.165) is 44.7 Å². The molecule has 0 bridgehead atoms. The Bertz CT molecular complexity index is 393. The third-order valence-corrected chi connectivity index (χ3v) is 3.37. The molecule has 0 aliphatic rings. The number of aromatic nitrogens is 1. The number of anilines is 1. The maximum absolute atomic E-state index is 12.4. The molecule has 1 rings (SSSR count). The zero-order valence-corrected chi connectivity index (χ0v) is 13.2. The van der Waals surface area contributed by atoms with Crippen LogP contribution < -0.4 is 4.90 Å². The molecule has 4 nitrogen and oxygen atoms in total. The Kier molecular flexibility index (Phi) is 7.05. The normalized spacial score (nSPS) is 10.4. The van der Waals surface area contributed by atoms with Gasteiger partial charge in [0.05, 0.1) is 11.9 Å². The molecule has 0 N–H and O–H groups in total. The van der Waals surface area contributed by atoms with Crippen LogP contribution in [0.25, 0.3) is 0 Å². The lowest BCUT2D eigenvalue weighted by atomic mass is 10.2. The van der Waals surface area contributed by atoms with Crippen LogP contribution in [0.3, 0.4) is 0 Å². The van der Waals surface area contributed by atoms with Crippen LogP contribution in [-0.4, -0.2) is 42.0 Å². The van der Waals surface area contributed by atoms with E-state index in [1.54, 1.807) is 6.20 Å². The molecule has 0 saturated carbocycles. The second-order valence-electron chi connectivity index (χ2n) is 4.87. The van der Waals surface area contributed by atoms with Crippen molar-refractivity contribution in [2.24, 2.45) is 0 Å². The van der Waals surface area contributed by atoms with Gasteiger partial charge in [-0.05, 0) is 38.8 Å². The highest BCUT2D eigenvalue weighted by Gasteiger charge is 2.15. The molecule has 0 spiro atoms. The van der Waals surface area contributed by atoms with Crippen molar-refractivity contribution in [1.29, 1.82) is 0 Å². The summed E-state index contributed by atoms with van der Waals surface area (Å²) in [6.07, 6.45) is 3.75. The molecule has 0 unspecified atom stereocenters. The molecule has 20 heavy (non-hydrogen) atoms. The summed E-state index contributed by atoms with van der Waals surface area (Å²) in [5.74, 6) is 0.0415. The van der Waals surface area contributed by atoms with Crippen LogP contribution in [0.5, 0.6) is 0 Å². The monoisotopic (exact) mass is 277 g/mol. The Hall–Kier alpha value is -1.58. The Balaban J connectivity index is 2.83. The average molecular weight is 277 g/mol. The van der Waals surface area contributed by atoms with Crippen molar-refractivity contribution in [3.63, 3.8) is 0 Å². The minimum absolute atomic E-state index is 0.0415. The van der Waals surface area contributed by atoms with Crippen molar-refractivity contribution < 1.29 is 4.79 Å². The summed E-state index contributed by atoms with van der Waals surface area (Å²) < 4.78 is 0. The fourth-order valence-corrected chi connectivity index (χ4v) is 2.31. The standard InChI is InChI=1S/C16H27N3O/c1-5-11-19(12-6-2)16(20)15-10-9-14(13-17-15)18(7-3)8-4/h9-10,13H,5-8,11-12H2,1-4H3. The van der Waals surface area contributed by atoms with Gasteiger partial charge >= 0.3 is 0 Å². The van der Waals surface area contributed by atoms with Gasteiger partial charge in [-0.3, -0.25) is 4.79 Å². The SMILES string of the molecule is CCCN(CCC)C(=O)c1ccc(N(CC)CC)cn1. The van der Waals surface area contributed by atoms with Gasteiger partial charge in [0.1, 0.15) is 5.69 Å². The van der Waals surface area contributed by atoms with Gasteiger partial charge in [-0.1, -0.05) is 13.8 Å². The summed E-state index contributed by atoms with van der Waals surface area (Å²) in [5.41, 5.74) is 1.62. The third-order valence-electron chi connectivity index (χ3n) is 3.37. The number of carbonyl (C=O) groups is 1. The quantitative estimate of drug-likeness (QED) is 0.732. The molecule has 0 fully saturated rings. The number of hydrogen-bond donors (Lipinski definition) is 0. The lowest BCUT2D eigenvalue weighted by molar-refractivity contribution is 0.0749. The number of hydrogen-bond acceptors (Lipinski definition) is 3. The highest BCUT2D eigenvalue weighted by atomic mass is 16.2. The Morgan fingerprint density at radius 3 is 2.05 bits per heavy atom. The maximum atomic E-state index is 12.4. The van der Waals surface area contributed by atoms with E-state index in [9.17, 15) is 4.79 Å². The zero-order valence-electron chi connectivity index (χ0n) is 13.2. The van der Waals surface area contributed by atoms with E-state index < -0.39 is 0 Å². The molecule has 112 valence electrons. The van der Waals surface area contributed by atoms with E-state index in [0.29, 0.717) is 5.69 Å². The van der Waals surface area contributed by atoms with Gasteiger partial charge in [0.15, 0.2) is 0 Å². The average Bonchev–Trinajstić information content (AvgIpc) is 2.48. The summed E-state index contributed by atoms with van der Waals surface area (Å²) in [6.45, 7) is 11.9. The lowest BCUT2D eigenvalue weighted by Crippen LogP contribution is -2.33. The zero-order chi connectivity index (χ0) is 15.0. The van der Waals surface area contributed by atoms with Crippen molar-refractivity contribution in [3.05, 3.63) is 24.0 Å². The minimum atomic E-state index is 0.0415. The molecular formula is C16H27N3O. The van der Waals surface area contributed by atoms with E-state index in [2.05, 4.69) is 37.6 Å². The molecule has 0 radical (unpaired) electrons. The first kappa shape index (κ1) is 16.5.